The number of hydrogen-bond acceptors (Lipinski definition) is 12. The summed E-state index contributed by atoms with van der Waals surface area (Å²) in [6.45, 7) is 0. The summed E-state index contributed by atoms with van der Waals surface area (Å²) in [5.74, 6) is 0.851. The van der Waals surface area contributed by atoms with E-state index in [9.17, 15) is 0 Å². The molecule has 0 unspecified atom stereocenters. The van der Waals surface area contributed by atoms with E-state index in [1.807, 2.05) is 0 Å². The Morgan fingerprint density at radius 1 is 0.500 bits per heavy atom. The van der Waals surface area contributed by atoms with E-state index < -0.39 is 0 Å². The Balaban J connectivity index is 0.000000240. The van der Waals surface area contributed by atoms with Crippen molar-refractivity contribution in [3.05, 3.63) is 0 Å². The molecule has 0 saturated carbocycles. The first-order valence-electron chi connectivity index (χ1n) is 6.36. The van der Waals surface area contributed by atoms with Crippen molar-refractivity contribution in [3.8, 4) is 35.5 Å². The Morgan fingerprint density at radius 3 is 1.12 bits per heavy atom. The minimum atomic E-state index is 0.165. The van der Waals surface area contributed by atoms with Crippen LogP contribution >= 0.6 is 0 Å². The van der Waals surface area contributed by atoms with Crippen LogP contribution in [0.2, 0.25) is 0 Å². The monoisotopic (exact) mass is 342 g/mol. The van der Waals surface area contributed by atoms with E-state index in [1.54, 1.807) is 0 Å². The van der Waals surface area contributed by atoms with Gasteiger partial charge >= 0.3 is 18.0 Å². The van der Waals surface area contributed by atoms with Gasteiger partial charge in [0.25, 0.3) is 11.8 Å². The maximum Gasteiger partial charge on any atom is 0.325 e. The van der Waals surface area contributed by atoms with Gasteiger partial charge in [-0.3, -0.25) is 0 Å². The highest BCUT2D eigenvalue weighted by Crippen LogP contribution is 2.30. The maximum absolute atomic E-state index is 4.94. The van der Waals surface area contributed by atoms with Gasteiger partial charge < -0.3 is 28.4 Å². The summed E-state index contributed by atoms with van der Waals surface area (Å²) in [4.78, 5) is 11.3. The van der Waals surface area contributed by atoms with Crippen molar-refractivity contribution in [3.63, 3.8) is 0 Å². The SMILES string of the molecule is COc1nc(OC)nc(OC)n1.COc1nnnc(OC)c1OC. The van der Waals surface area contributed by atoms with Crippen molar-refractivity contribution in [2.24, 2.45) is 0 Å². The normalized spacial score (nSPS) is 9.25. The summed E-state index contributed by atoms with van der Waals surface area (Å²) in [7, 11) is 8.76. The Hall–Kier alpha value is -3.18. The fourth-order valence-corrected chi connectivity index (χ4v) is 1.32. The summed E-state index contributed by atoms with van der Waals surface area (Å²) < 4.78 is 29.0. The second-order valence-electron chi connectivity index (χ2n) is 3.64. The summed E-state index contributed by atoms with van der Waals surface area (Å²) in [5.41, 5.74) is 0. The van der Waals surface area contributed by atoms with Gasteiger partial charge in [-0.1, -0.05) is 10.2 Å². The minimum Gasteiger partial charge on any atom is -0.487 e. The number of methoxy groups -OCH3 is 6. The molecule has 12 heteroatoms. The third-order valence-electron chi connectivity index (χ3n) is 2.37. The van der Waals surface area contributed by atoms with Crippen LogP contribution in [0.4, 0.5) is 0 Å². The number of ether oxygens (including phenoxy) is 6. The fourth-order valence-electron chi connectivity index (χ4n) is 1.32. The Morgan fingerprint density at radius 2 is 0.875 bits per heavy atom. The molecule has 0 aliphatic heterocycles. The molecule has 0 saturated heterocycles. The second kappa shape index (κ2) is 9.76. The number of nitrogens with zero attached hydrogens (tertiary/aromatic N) is 6. The standard InChI is InChI=1S/2C6H9N3O3/c1-10-4-7-5(11-2)9-6(8-4)12-3;1-10-4-5(11-2)7-9-8-6(4)12-3/h2*1-3H3. The van der Waals surface area contributed by atoms with Gasteiger partial charge in [-0.25, -0.2) is 0 Å². The minimum absolute atomic E-state index is 0.165. The first-order chi connectivity index (χ1) is 11.6. The summed E-state index contributed by atoms with van der Waals surface area (Å²) >= 11 is 0. The molecule has 0 aliphatic rings. The lowest BCUT2D eigenvalue weighted by molar-refractivity contribution is 0.298. The summed E-state index contributed by atoms with van der Waals surface area (Å²) in [6, 6.07) is 0.496. The van der Waals surface area contributed by atoms with Crippen molar-refractivity contribution >= 4 is 0 Å². The zero-order chi connectivity index (χ0) is 17.9. The van der Waals surface area contributed by atoms with E-state index in [1.165, 1.54) is 42.7 Å². The Labute approximate surface area is 138 Å². The average Bonchev–Trinajstić information content (AvgIpc) is 2.66. The molecule has 2 aromatic heterocycles. The molecule has 12 nitrogen and oxygen atoms in total. The number of hydrogen-bond donors (Lipinski definition) is 0. The second-order valence-corrected chi connectivity index (χ2v) is 3.64. The molecule has 0 bridgehead atoms. The molecule has 2 heterocycles. The van der Waals surface area contributed by atoms with E-state index in [2.05, 4.69) is 30.4 Å². The molecule has 132 valence electrons. The Bertz CT molecular complexity index is 566. The van der Waals surface area contributed by atoms with E-state index in [-0.39, 0.29) is 29.8 Å². The summed E-state index contributed by atoms with van der Waals surface area (Å²) in [6.07, 6.45) is 0. The van der Waals surface area contributed by atoms with Gasteiger partial charge in [0.1, 0.15) is 0 Å². The van der Waals surface area contributed by atoms with Crippen LogP contribution in [0.1, 0.15) is 0 Å². The van der Waals surface area contributed by atoms with Crippen LogP contribution in [0, 0.1) is 0 Å². The fraction of sp³-hybridized carbons (Fsp3) is 0.500. The van der Waals surface area contributed by atoms with Crippen molar-refractivity contribution < 1.29 is 28.4 Å². The van der Waals surface area contributed by atoms with Crippen molar-refractivity contribution in [2.45, 2.75) is 0 Å². The molecule has 0 radical (unpaired) electrons. The molecule has 0 atom stereocenters. The molecule has 0 amide bonds. The van der Waals surface area contributed by atoms with Crippen LogP contribution in [-0.2, 0) is 0 Å². The zero-order valence-corrected chi connectivity index (χ0v) is 14.1. The van der Waals surface area contributed by atoms with Crippen LogP contribution in [0.3, 0.4) is 0 Å². The van der Waals surface area contributed by atoms with Crippen LogP contribution < -0.4 is 28.4 Å². The van der Waals surface area contributed by atoms with Crippen LogP contribution in [0.5, 0.6) is 35.5 Å². The van der Waals surface area contributed by atoms with E-state index in [0.717, 1.165) is 0 Å². The largest absolute Gasteiger partial charge is 0.487 e. The van der Waals surface area contributed by atoms with Gasteiger partial charge in [-0.2, -0.15) is 0 Å². The third-order valence-corrected chi connectivity index (χ3v) is 2.37. The lowest BCUT2D eigenvalue weighted by atomic mass is 10.5. The molecule has 0 spiro atoms. The molecule has 2 aromatic rings. The van der Waals surface area contributed by atoms with Crippen LogP contribution in [-0.4, -0.2) is 73.0 Å². The van der Waals surface area contributed by atoms with Crippen molar-refractivity contribution in [1.82, 2.24) is 30.4 Å². The zero-order valence-electron chi connectivity index (χ0n) is 14.1. The molecular formula is C12H18N6O6. The highest BCUT2D eigenvalue weighted by Gasteiger charge is 2.13. The molecule has 24 heavy (non-hydrogen) atoms. The summed E-state index contributed by atoms with van der Waals surface area (Å²) in [5, 5.41) is 10.6. The highest BCUT2D eigenvalue weighted by molar-refractivity contribution is 5.40. The third kappa shape index (κ3) is 4.93. The predicted molar refractivity (Wildman–Crippen MR) is 79.0 cm³/mol. The van der Waals surface area contributed by atoms with Crippen molar-refractivity contribution in [1.29, 1.82) is 0 Å². The molecule has 0 aromatic carbocycles. The number of aromatic nitrogens is 6. The van der Waals surface area contributed by atoms with Gasteiger partial charge in [0.15, 0.2) is 0 Å². The first-order valence-corrected chi connectivity index (χ1v) is 6.36. The smallest absolute Gasteiger partial charge is 0.325 e. The van der Waals surface area contributed by atoms with E-state index >= 15 is 0 Å². The van der Waals surface area contributed by atoms with Crippen LogP contribution in [0.25, 0.3) is 0 Å². The van der Waals surface area contributed by atoms with E-state index in [4.69, 9.17) is 28.4 Å². The lowest BCUT2D eigenvalue weighted by Gasteiger charge is -2.06. The van der Waals surface area contributed by atoms with Gasteiger partial charge in [-0.15, -0.1) is 15.0 Å². The van der Waals surface area contributed by atoms with Gasteiger partial charge in [0, 0.05) is 0 Å². The number of rotatable bonds is 6. The first kappa shape index (κ1) is 18.9. The maximum atomic E-state index is 4.94. The average molecular weight is 342 g/mol. The molecule has 0 fully saturated rings. The van der Waals surface area contributed by atoms with Gasteiger partial charge in [0.05, 0.1) is 42.7 Å². The Kier molecular flexibility index (Phi) is 7.67. The molecule has 2 rings (SSSR count). The van der Waals surface area contributed by atoms with Crippen LogP contribution in [0.15, 0.2) is 0 Å². The lowest BCUT2D eigenvalue weighted by Crippen LogP contribution is -2.01. The van der Waals surface area contributed by atoms with E-state index in [0.29, 0.717) is 5.75 Å². The quantitative estimate of drug-likeness (QED) is 0.688. The predicted octanol–water partition coefficient (Wildman–Crippen LogP) is -0.205. The highest BCUT2D eigenvalue weighted by atomic mass is 16.5. The van der Waals surface area contributed by atoms with Crippen molar-refractivity contribution in [2.75, 3.05) is 42.7 Å². The topological polar surface area (TPSA) is 133 Å². The van der Waals surface area contributed by atoms with Gasteiger partial charge in [-0.05, 0) is 5.21 Å². The molecule has 0 aliphatic carbocycles. The van der Waals surface area contributed by atoms with Gasteiger partial charge in [0.2, 0.25) is 5.75 Å². The molecular weight excluding hydrogens is 324 g/mol. The molecule has 0 N–H and O–H groups in total.